The van der Waals surface area contributed by atoms with E-state index in [0.717, 1.165) is 12.8 Å². The second-order valence-electron chi connectivity index (χ2n) is 9.53. The molecule has 2 heterocycles. The van der Waals surface area contributed by atoms with E-state index in [0.29, 0.717) is 51.2 Å². The van der Waals surface area contributed by atoms with Crippen molar-refractivity contribution in [2.75, 3.05) is 6.61 Å². The Hall–Kier alpha value is -3.72. The van der Waals surface area contributed by atoms with Crippen molar-refractivity contribution in [3.05, 3.63) is 65.2 Å². The lowest BCUT2D eigenvalue weighted by Crippen LogP contribution is -2.13. The van der Waals surface area contributed by atoms with Crippen LogP contribution in [0.2, 0.25) is 5.02 Å². The molecule has 0 amide bonds. The maximum Gasteiger partial charge on any atom is 0.306 e. The van der Waals surface area contributed by atoms with Crippen LogP contribution in [-0.2, 0) is 11.3 Å². The number of aliphatic carboxylic acids is 1. The van der Waals surface area contributed by atoms with E-state index in [1.54, 1.807) is 47.9 Å². The first-order chi connectivity index (χ1) is 17.7. The van der Waals surface area contributed by atoms with Gasteiger partial charge in [0.1, 0.15) is 29.3 Å². The monoisotopic (exact) mass is 524 g/mol. The van der Waals surface area contributed by atoms with E-state index in [1.165, 1.54) is 12.4 Å². The molecule has 10 heteroatoms. The average Bonchev–Trinajstić information content (AvgIpc) is 3.48. The third-order valence-corrected chi connectivity index (χ3v) is 6.82. The predicted molar refractivity (Wildman–Crippen MR) is 136 cm³/mol. The molecule has 0 radical (unpaired) electrons. The summed E-state index contributed by atoms with van der Waals surface area (Å²) >= 11 is 6.68. The average molecular weight is 525 g/mol. The zero-order chi connectivity index (χ0) is 26.2. The van der Waals surface area contributed by atoms with E-state index in [2.05, 4.69) is 9.97 Å². The number of carbonyl (C=O) groups is 1. The molecule has 0 bridgehead atoms. The summed E-state index contributed by atoms with van der Waals surface area (Å²) in [6.07, 6.45) is 3.65. The maximum atomic E-state index is 14.6. The molecule has 0 spiro atoms. The zero-order valence-corrected chi connectivity index (χ0v) is 21.2. The summed E-state index contributed by atoms with van der Waals surface area (Å²) < 4.78 is 28.3. The van der Waals surface area contributed by atoms with Gasteiger partial charge in [-0.1, -0.05) is 36.7 Å². The van der Waals surface area contributed by atoms with Crippen LogP contribution in [0.5, 0.6) is 11.6 Å². The van der Waals surface area contributed by atoms with Gasteiger partial charge in [0, 0.05) is 11.1 Å². The summed E-state index contributed by atoms with van der Waals surface area (Å²) in [6, 6.07) is 11.7. The third kappa shape index (κ3) is 5.36. The maximum absolute atomic E-state index is 14.6. The summed E-state index contributed by atoms with van der Waals surface area (Å²) in [4.78, 5) is 24.6. The number of nitrogens with zero attached hydrogens (tertiary/aromatic N) is 4. The Kier molecular flexibility index (Phi) is 6.72. The van der Waals surface area contributed by atoms with Crippen LogP contribution in [0, 0.1) is 11.7 Å². The van der Waals surface area contributed by atoms with Crippen molar-refractivity contribution < 1.29 is 23.8 Å². The molecule has 0 aliphatic heterocycles. The number of ether oxygens (including phenoxy) is 2. The minimum Gasteiger partial charge on any atom is -0.494 e. The molecule has 8 nitrogen and oxygen atoms in total. The number of fused-ring (bicyclic) bond motifs is 1. The number of hydrogen-bond acceptors (Lipinski definition) is 6. The second kappa shape index (κ2) is 9.97. The van der Waals surface area contributed by atoms with Crippen LogP contribution in [0.1, 0.15) is 38.7 Å². The predicted octanol–water partition coefficient (Wildman–Crippen LogP) is 5.76. The van der Waals surface area contributed by atoms with Gasteiger partial charge in [0.25, 0.3) is 0 Å². The van der Waals surface area contributed by atoms with Crippen molar-refractivity contribution in [3.63, 3.8) is 0 Å². The van der Waals surface area contributed by atoms with Gasteiger partial charge in [-0.05, 0) is 50.5 Å². The first-order valence-corrected chi connectivity index (χ1v) is 12.4. The van der Waals surface area contributed by atoms with Crippen LogP contribution < -0.4 is 9.47 Å². The van der Waals surface area contributed by atoms with Gasteiger partial charge in [0.15, 0.2) is 11.2 Å². The smallest absolute Gasteiger partial charge is 0.306 e. The van der Waals surface area contributed by atoms with E-state index < -0.39 is 11.9 Å². The lowest BCUT2D eigenvalue weighted by molar-refractivity contribution is -0.141. The normalized spacial score (nSPS) is 14.9. The van der Waals surface area contributed by atoms with E-state index >= 15 is 0 Å². The Labute approximate surface area is 218 Å². The summed E-state index contributed by atoms with van der Waals surface area (Å²) in [7, 11) is 0. The van der Waals surface area contributed by atoms with E-state index in [4.69, 9.17) is 31.2 Å². The SMILES string of the molecule is C[C@H](CCOc1ccc(-c2nc3c(OC4(C)CC4)ncnc3n2Cc2ccccc2F)c(Cl)c1)C(=O)O. The highest BCUT2D eigenvalue weighted by atomic mass is 35.5. The van der Waals surface area contributed by atoms with E-state index in [1.807, 2.05) is 6.92 Å². The van der Waals surface area contributed by atoms with Crippen LogP contribution in [0.3, 0.4) is 0 Å². The molecule has 2 aromatic heterocycles. The lowest BCUT2D eigenvalue weighted by Gasteiger charge is -2.13. The quantitative estimate of drug-likeness (QED) is 0.282. The van der Waals surface area contributed by atoms with Crippen LogP contribution >= 0.6 is 11.6 Å². The van der Waals surface area contributed by atoms with Gasteiger partial charge in [-0.2, -0.15) is 4.98 Å². The van der Waals surface area contributed by atoms with Crippen LogP contribution in [0.15, 0.2) is 48.8 Å². The molecule has 1 N–H and O–H groups in total. The lowest BCUT2D eigenvalue weighted by atomic mass is 10.1. The molecule has 192 valence electrons. The number of carboxylic acid groups (broad SMARTS) is 1. The third-order valence-electron chi connectivity index (χ3n) is 6.50. The molecule has 4 aromatic rings. The molecule has 0 unspecified atom stereocenters. The molecule has 37 heavy (non-hydrogen) atoms. The van der Waals surface area contributed by atoms with Crippen molar-refractivity contribution in [3.8, 4) is 23.0 Å². The molecular weight excluding hydrogens is 499 g/mol. The minimum absolute atomic E-state index is 0.174. The van der Waals surface area contributed by atoms with Crippen LogP contribution in [0.4, 0.5) is 4.39 Å². The Morgan fingerprint density at radius 3 is 2.73 bits per heavy atom. The van der Waals surface area contributed by atoms with E-state index in [9.17, 15) is 9.18 Å². The molecule has 5 rings (SSSR count). The number of halogens is 2. The van der Waals surface area contributed by atoms with Gasteiger partial charge >= 0.3 is 5.97 Å². The molecular formula is C27H26ClFN4O4. The second-order valence-corrected chi connectivity index (χ2v) is 9.94. The zero-order valence-electron chi connectivity index (χ0n) is 20.4. The fourth-order valence-corrected chi connectivity index (χ4v) is 4.15. The van der Waals surface area contributed by atoms with Gasteiger partial charge in [0.05, 0.1) is 24.1 Å². The Balaban J connectivity index is 1.53. The standard InChI is InChI=1S/C27H26ClFN4O4/c1-16(26(34)35)9-12-36-18-7-8-19(20(28)13-18)23-32-22-24(30-15-31-25(22)37-27(2)10-11-27)33(23)14-17-5-3-4-6-21(17)29/h3-8,13,15-16H,9-12,14H2,1-2H3,(H,34,35)/t16-/m1/s1. The van der Waals surface area contributed by atoms with Gasteiger partial charge < -0.3 is 19.1 Å². The summed E-state index contributed by atoms with van der Waals surface area (Å²) in [5.41, 5.74) is 1.78. The minimum atomic E-state index is -0.868. The molecule has 1 saturated carbocycles. The van der Waals surface area contributed by atoms with Gasteiger partial charge in [-0.25, -0.2) is 14.4 Å². The molecule has 2 aromatic carbocycles. The van der Waals surface area contributed by atoms with Crippen molar-refractivity contribution in [2.45, 2.75) is 45.3 Å². The number of aromatic nitrogens is 4. The molecule has 1 aliphatic carbocycles. The molecule has 1 fully saturated rings. The number of hydrogen-bond donors (Lipinski definition) is 1. The first-order valence-electron chi connectivity index (χ1n) is 12.0. The highest BCUT2D eigenvalue weighted by Crippen LogP contribution is 2.41. The van der Waals surface area contributed by atoms with Gasteiger partial charge in [-0.15, -0.1) is 0 Å². The number of imidazole rings is 1. The number of benzene rings is 2. The van der Waals surface area contributed by atoms with Crippen LogP contribution in [-0.4, -0.2) is 42.8 Å². The van der Waals surface area contributed by atoms with Crippen LogP contribution in [0.25, 0.3) is 22.6 Å². The molecule has 1 atom stereocenters. The Morgan fingerprint density at radius 1 is 1.24 bits per heavy atom. The highest BCUT2D eigenvalue weighted by Gasteiger charge is 2.41. The van der Waals surface area contributed by atoms with Gasteiger partial charge in [0.2, 0.25) is 5.88 Å². The number of carboxylic acids is 1. The molecule has 1 aliphatic rings. The molecule has 0 saturated heterocycles. The van der Waals surface area contributed by atoms with Crippen molar-refractivity contribution in [1.29, 1.82) is 0 Å². The summed E-state index contributed by atoms with van der Waals surface area (Å²) in [5.74, 6) is -0.343. The fourth-order valence-electron chi connectivity index (χ4n) is 3.90. The first kappa shape index (κ1) is 25.0. The highest BCUT2D eigenvalue weighted by molar-refractivity contribution is 6.33. The van der Waals surface area contributed by atoms with Crippen molar-refractivity contribution in [2.24, 2.45) is 5.92 Å². The Bertz CT molecular complexity index is 1470. The summed E-state index contributed by atoms with van der Waals surface area (Å²) in [6.45, 7) is 4.06. The topological polar surface area (TPSA) is 99.4 Å². The van der Waals surface area contributed by atoms with Crippen molar-refractivity contribution >= 4 is 28.7 Å². The van der Waals surface area contributed by atoms with Gasteiger partial charge in [-0.3, -0.25) is 4.79 Å². The van der Waals surface area contributed by atoms with E-state index in [-0.39, 0.29) is 24.6 Å². The largest absolute Gasteiger partial charge is 0.494 e. The summed E-state index contributed by atoms with van der Waals surface area (Å²) in [5, 5.41) is 9.43. The Morgan fingerprint density at radius 2 is 2.03 bits per heavy atom. The van der Waals surface area contributed by atoms with Crippen molar-refractivity contribution in [1.82, 2.24) is 19.5 Å². The number of rotatable bonds is 10. The fraction of sp³-hybridized carbons (Fsp3) is 0.333.